The van der Waals surface area contributed by atoms with Crippen LogP contribution in [0.2, 0.25) is 0 Å². The second-order valence-electron chi connectivity index (χ2n) is 6.40. The van der Waals surface area contributed by atoms with Crippen molar-refractivity contribution >= 4 is 12.2 Å². The Bertz CT molecular complexity index is 357. The molecule has 0 bridgehead atoms. The van der Waals surface area contributed by atoms with Crippen molar-refractivity contribution in [1.29, 1.82) is 0 Å². The fraction of sp³-hybridized carbons (Fsp3) is 0.867. The molecule has 0 aromatic rings. The average molecular weight is 282 g/mol. The van der Waals surface area contributed by atoms with Gasteiger partial charge in [-0.1, -0.05) is 6.42 Å². The minimum Gasteiger partial charge on any atom is -0.444 e. The number of isocyanates is 1. The van der Waals surface area contributed by atoms with Crippen LogP contribution < -0.4 is 0 Å². The van der Waals surface area contributed by atoms with E-state index in [1.165, 1.54) is 0 Å². The lowest BCUT2D eigenvalue weighted by Crippen LogP contribution is -2.42. The van der Waals surface area contributed by atoms with Gasteiger partial charge in [0.2, 0.25) is 6.08 Å². The number of hydrogen-bond acceptors (Lipinski definition) is 4. The summed E-state index contributed by atoms with van der Waals surface area (Å²) in [5.74, 6) is 0.538. The Morgan fingerprint density at radius 3 is 2.80 bits per heavy atom. The topological polar surface area (TPSA) is 59.0 Å². The first kappa shape index (κ1) is 16.7. The molecule has 1 unspecified atom stereocenters. The lowest BCUT2D eigenvalue weighted by Gasteiger charge is -2.34. The zero-order valence-electron chi connectivity index (χ0n) is 12.9. The number of hydrogen-bond donors (Lipinski definition) is 0. The van der Waals surface area contributed by atoms with Crippen LogP contribution in [0.4, 0.5) is 4.79 Å². The number of nitrogens with zero attached hydrogens (tertiary/aromatic N) is 2. The van der Waals surface area contributed by atoms with E-state index in [9.17, 15) is 9.59 Å². The standard InChI is InChI=1S/C15H26N2O3/c1-15(2,3)20-14(19)17-10-6-8-13(11-17)7-4-5-9-16-12-18/h13H,4-11H2,1-3H3. The highest BCUT2D eigenvalue weighted by Crippen LogP contribution is 2.23. The van der Waals surface area contributed by atoms with Crippen molar-refractivity contribution in [3.63, 3.8) is 0 Å². The fourth-order valence-corrected chi connectivity index (χ4v) is 2.46. The second kappa shape index (κ2) is 8.05. The highest BCUT2D eigenvalue weighted by Gasteiger charge is 2.27. The first-order valence-corrected chi connectivity index (χ1v) is 7.44. The smallest absolute Gasteiger partial charge is 0.410 e. The number of likely N-dealkylation sites (tertiary alicyclic amines) is 1. The SMILES string of the molecule is CC(C)(C)OC(=O)N1CCCC(CCCCN=C=O)C1. The van der Waals surface area contributed by atoms with Gasteiger partial charge in [-0.15, -0.1) is 0 Å². The molecular weight excluding hydrogens is 256 g/mol. The van der Waals surface area contributed by atoms with E-state index in [1.54, 1.807) is 6.08 Å². The zero-order valence-corrected chi connectivity index (χ0v) is 12.9. The molecule has 5 heteroatoms. The van der Waals surface area contributed by atoms with E-state index >= 15 is 0 Å². The number of carbonyl (C=O) groups excluding carboxylic acids is 2. The van der Waals surface area contributed by atoms with Gasteiger partial charge in [0.05, 0.1) is 6.54 Å². The van der Waals surface area contributed by atoms with E-state index in [2.05, 4.69) is 4.99 Å². The molecule has 0 spiro atoms. The largest absolute Gasteiger partial charge is 0.444 e. The molecule has 5 nitrogen and oxygen atoms in total. The van der Waals surface area contributed by atoms with Crippen LogP contribution in [0.5, 0.6) is 0 Å². The highest BCUT2D eigenvalue weighted by atomic mass is 16.6. The minimum absolute atomic E-state index is 0.201. The summed E-state index contributed by atoms with van der Waals surface area (Å²) in [6, 6.07) is 0. The van der Waals surface area contributed by atoms with E-state index in [1.807, 2.05) is 25.7 Å². The molecule has 0 saturated carbocycles. The predicted molar refractivity (Wildman–Crippen MR) is 77.4 cm³/mol. The van der Waals surface area contributed by atoms with Gasteiger partial charge >= 0.3 is 6.09 Å². The number of piperidine rings is 1. The summed E-state index contributed by atoms with van der Waals surface area (Å²) in [5.41, 5.74) is -0.434. The lowest BCUT2D eigenvalue weighted by molar-refractivity contribution is 0.0160. The molecule has 1 fully saturated rings. The Hall–Kier alpha value is -1.35. The third-order valence-corrected chi connectivity index (χ3v) is 3.37. The molecule has 1 rings (SSSR count). The van der Waals surface area contributed by atoms with Gasteiger partial charge in [-0.05, 0) is 52.4 Å². The monoisotopic (exact) mass is 282 g/mol. The molecule has 0 aliphatic carbocycles. The third kappa shape index (κ3) is 6.71. The van der Waals surface area contributed by atoms with Crippen LogP contribution in [-0.4, -0.2) is 42.3 Å². The number of amides is 1. The number of ether oxygens (including phenoxy) is 1. The average Bonchev–Trinajstić information content (AvgIpc) is 2.37. The summed E-state index contributed by atoms with van der Waals surface area (Å²) in [5, 5.41) is 0. The molecule has 1 atom stereocenters. The summed E-state index contributed by atoms with van der Waals surface area (Å²) >= 11 is 0. The van der Waals surface area contributed by atoms with E-state index in [0.29, 0.717) is 12.5 Å². The Kier molecular flexibility index (Phi) is 6.73. The van der Waals surface area contributed by atoms with Crippen LogP contribution in [0.15, 0.2) is 4.99 Å². The molecular formula is C15H26N2O3. The van der Waals surface area contributed by atoms with Crippen LogP contribution in [0, 0.1) is 5.92 Å². The maximum Gasteiger partial charge on any atom is 0.410 e. The van der Waals surface area contributed by atoms with Gasteiger partial charge in [0, 0.05) is 13.1 Å². The number of aliphatic imine (C=N–C) groups is 1. The molecule has 0 aromatic carbocycles. The van der Waals surface area contributed by atoms with Crippen molar-refractivity contribution in [3.05, 3.63) is 0 Å². The van der Waals surface area contributed by atoms with Crippen LogP contribution in [-0.2, 0) is 9.53 Å². The maximum absolute atomic E-state index is 12.0. The first-order valence-electron chi connectivity index (χ1n) is 7.44. The molecule has 0 N–H and O–H groups in total. The number of rotatable bonds is 5. The number of carbonyl (C=O) groups is 1. The van der Waals surface area contributed by atoms with E-state index < -0.39 is 5.60 Å². The Morgan fingerprint density at radius 1 is 1.40 bits per heavy atom. The highest BCUT2D eigenvalue weighted by molar-refractivity contribution is 5.68. The molecule has 0 aromatic heterocycles. The van der Waals surface area contributed by atoms with E-state index in [0.717, 1.165) is 45.2 Å². The zero-order chi connectivity index (χ0) is 15.0. The van der Waals surface area contributed by atoms with Gasteiger partial charge < -0.3 is 9.64 Å². The van der Waals surface area contributed by atoms with Gasteiger partial charge in [0.1, 0.15) is 5.60 Å². The summed E-state index contributed by atoms with van der Waals surface area (Å²) in [6.45, 7) is 7.80. The molecule has 1 amide bonds. The van der Waals surface area contributed by atoms with Gasteiger partial charge in [-0.3, -0.25) is 0 Å². The quantitative estimate of drug-likeness (QED) is 0.442. The minimum atomic E-state index is -0.434. The molecule has 1 saturated heterocycles. The maximum atomic E-state index is 12.0. The van der Waals surface area contributed by atoms with Crippen LogP contribution in [0.3, 0.4) is 0 Å². The second-order valence-corrected chi connectivity index (χ2v) is 6.40. The molecule has 0 radical (unpaired) electrons. The summed E-state index contributed by atoms with van der Waals surface area (Å²) < 4.78 is 5.41. The Labute approximate surface area is 121 Å². The van der Waals surface area contributed by atoms with E-state index in [-0.39, 0.29) is 6.09 Å². The number of unbranched alkanes of at least 4 members (excludes halogenated alkanes) is 1. The third-order valence-electron chi connectivity index (χ3n) is 3.37. The molecule has 114 valence electrons. The molecule has 1 heterocycles. The summed E-state index contributed by atoms with van der Waals surface area (Å²) in [4.78, 5) is 27.3. The van der Waals surface area contributed by atoms with Gasteiger partial charge in [0.15, 0.2) is 0 Å². The van der Waals surface area contributed by atoms with Crippen LogP contribution >= 0.6 is 0 Å². The van der Waals surface area contributed by atoms with Crippen molar-refractivity contribution in [2.75, 3.05) is 19.6 Å². The van der Waals surface area contributed by atoms with E-state index in [4.69, 9.17) is 4.74 Å². The Morgan fingerprint density at radius 2 is 2.15 bits per heavy atom. The molecule has 1 aliphatic rings. The van der Waals surface area contributed by atoms with Crippen molar-refractivity contribution in [3.8, 4) is 0 Å². The van der Waals surface area contributed by atoms with Gasteiger partial charge in [-0.2, -0.15) is 0 Å². The van der Waals surface area contributed by atoms with Crippen molar-refractivity contribution in [1.82, 2.24) is 4.90 Å². The summed E-state index contributed by atoms with van der Waals surface area (Å²) in [6.07, 6.45) is 6.59. The lowest BCUT2D eigenvalue weighted by atomic mass is 9.93. The Balaban J connectivity index is 2.31. The van der Waals surface area contributed by atoms with Gasteiger partial charge in [0.25, 0.3) is 0 Å². The molecule has 20 heavy (non-hydrogen) atoms. The van der Waals surface area contributed by atoms with Crippen molar-refractivity contribution in [2.45, 2.75) is 58.5 Å². The summed E-state index contributed by atoms with van der Waals surface area (Å²) in [7, 11) is 0. The van der Waals surface area contributed by atoms with Crippen molar-refractivity contribution < 1.29 is 14.3 Å². The van der Waals surface area contributed by atoms with Gasteiger partial charge in [-0.25, -0.2) is 14.6 Å². The predicted octanol–water partition coefficient (Wildman–Crippen LogP) is 3.14. The van der Waals surface area contributed by atoms with Crippen LogP contribution in [0.1, 0.15) is 52.9 Å². The van der Waals surface area contributed by atoms with Crippen LogP contribution in [0.25, 0.3) is 0 Å². The van der Waals surface area contributed by atoms with Crippen molar-refractivity contribution in [2.24, 2.45) is 10.9 Å². The normalized spacial score (nSPS) is 19.4. The molecule has 1 aliphatic heterocycles. The first-order chi connectivity index (χ1) is 9.42. The fourth-order valence-electron chi connectivity index (χ4n) is 2.46.